The van der Waals surface area contributed by atoms with Crippen LogP contribution in [-0.2, 0) is 4.74 Å². The first-order chi connectivity index (χ1) is 14.6. The van der Waals surface area contributed by atoms with Crippen LogP contribution >= 0.6 is 11.3 Å². The Balaban J connectivity index is 0.000000589. The molecule has 0 aliphatic carbocycles. The lowest BCUT2D eigenvalue weighted by atomic mass is 10.1. The number of carbonyl (C=O) groups is 1. The number of nitrogens with one attached hydrogen (secondary N) is 1. The Labute approximate surface area is 178 Å². The molecule has 7 nitrogen and oxygen atoms in total. The fourth-order valence-corrected chi connectivity index (χ4v) is 3.79. The molecule has 0 aliphatic rings. The van der Waals surface area contributed by atoms with E-state index in [1.807, 2.05) is 48.7 Å². The van der Waals surface area contributed by atoms with Crippen molar-refractivity contribution in [3.05, 3.63) is 65.0 Å². The van der Waals surface area contributed by atoms with Crippen LogP contribution in [0.5, 0.6) is 0 Å². The second kappa shape index (κ2) is 9.82. The molecule has 4 rings (SSSR count). The second-order valence-corrected chi connectivity index (χ2v) is 7.23. The SMILES string of the molecule is CCOC.N/N=C(\N)c1ccc2c(c1)nc(Nc1cccc(C=O)c1)c1ccsc12. The van der Waals surface area contributed by atoms with Gasteiger partial charge in [0, 0.05) is 46.0 Å². The first-order valence-corrected chi connectivity index (χ1v) is 10.1. The van der Waals surface area contributed by atoms with E-state index in [0.717, 1.165) is 51.0 Å². The molecule has 0 radical (unpaired) electrons. The molecule has 2 heterocycles. The molecular weight excluding hydrogens is 398 g/mol. The third-order valence-electron chi connectivity index (χ3n) is 4.40. The van der Waals surface area contributed by atoms with Crippen LogP contribution in [0, 0.1) is 0 Å². The van der Waals surface area contributed by atoms with E-state index in [-0.39, 0.29) is 5.84 Å². The number of rotatable bonds is 5. The Bertz CT molecular complexity index is 1200. The number of amidine groups is 1. The van der Waals surface area contributed by atoms with Crippen LogP contribution in [0.3, 0.4) is 0 Å². The molecule has 4 aromatic rings. The van der Waals surface area contributed by atoms with Gasteiger partial charge in [0.15, 0.2) is 0 Å². The van der Waals surface area contributed by atoms with Crippen molar-refractivity contribution in [3.8, 4) is 0 Å². The van der Waals surface area contributed by atoms with Gasteiger partial charge in [0.2, 0.25) is 0 Å². The molecule has 0 atom stereocenters. The number of nitrogens with two attached hydrogens (primary N) is 2. The van der Waals surface area contributed by atoms with Crippen molar-refractivity contribution in [1.82, 2.24) is 4.98 Å². The molecule has 0 fully saturated rings. The van der Waals surface area contributed by atoms with Crippen LogP contribution in [-0.4, -0.2) is 30.8 Å². The Morgan fingerprint density at radius 1 is 1.23 bits per heavy atom. The smallest absolute Gasteiger partial charge is 0.150 e. The average molecular weight is 422 g/mol. The summed E-state index contributed by atoms with van der Waals surface area (Å²) in [6, 6.07) is 15.0. The lowest BCUT2D eigenvalue weighted by molar-refractivity contribution is 0.112. The third kappa shape index (κ3) is 4.56. The summed E-state index contributed by atoms with van der Waals surface area (Å²) in [5.74, 6) is 6.26. The van der Waals surface area contributed by atoms with E-state index in [0.29, 0.717) is 5.56 Å². The first-order valence-electron chi connectivity index (χ1n) is 9.27. The van der Waals surface area contributed by atoms with Crippen molar-refractivity contribution in [1.29, 1.82) is 0 Å². The molecule has 2 aromatic carbocycles. The number of fused-ring (bicyclic) bond motifs is 3. The lowest BCUT2D eigenvalue weighted by Crippen LogP contribution is -2.15. The summed E-state index contributed by atoms with van der Waals surface area (Å²) >= 11 is 1.65. The number of thiophene rings is 1. The summed E-state index contributed by atoms with van der Waals surface area (Å²) in [5.41, 5.74) is 8.73. The fraction of sp³-hybridized carbons (Fsp3) is 0.136. The molecule has 2 aromatic heterocycles. The van der Waals surface area contributed by atoms with Crippen LogP contribution in [0.15, 0.2) is 59.0 Å². The lowest BCUT2D eigenvalue weighted by Gasteiger charge is -2.10. The van der Waals surface area contributed by atoms with Gasteiger partial charge in [0.1, 0.15) is 17.9 Å². The van der Waals surface area contributed by atoms with Gasteiger partial charge in [0.05, 0.1) is 5.52 Å². The number of aldehydes is 1. The van der Waals surface area contributed by atoms with Gasteiger partial charge in [-0.2, -0.15) is 5.10 Å². The Kier molecular flexibility index (Phi) is 6.95. The van der Waals surface area contributed by atoms with Gasteiger partial charge in [-0.3, -0.25) is 4.79 Å². The minimum atomic E-state index is 0.258. The zero-order valence-corrected chi connectivity index (χ0v) is 17.6. The average Bonchev–Trinajstić information content (AvgIpc) is 3.29. The topological polar surface area (TPSA) is 116 Å². The normalized spacial score (nSPS) is 11.2. The maximum absolute atomic E-state index is 11.0. The van der Waals surface area contributed by atoms with Gasteiger partial charge in [-0.25, -0.2) is 4.98 Å². The van der Waals surface area contributed by atoms with Crippen molar-refractivity contribution in [2.24, 2.45) is 16.7 Å². The van der Waals surface area contributed by atoms with E-state index in [9.17, 15) is 4.79 Å². The quantitative estimate of drug-likeness (QED) is 0.146. The molecule has 0 unspecified atom stereocenters. The number of pyridine rings is 1. The van der Waals surface area contributed by atoms with Crippen LogP contribution < -0.4 is 16.9 Å². The summed E-state index contributed by atoms with van der Waals surface area (Å²) in [5, 5.41) is 10.9. The van der Waals surface area contributed by atoms with Crippen LogP contribution in [0.2, 0.25) is 0 Å². The van der Waals surface area contributed by atoms with E-state index >= 15 is 0 Å². The van der Waals surface area contributed by atoms with Gasteiger partial charge >= 0.3 is 0 Å². The summed E-state index contributed by atoms with van der Waals surface area (Å²) in [7, 11) is 1.68. The molecule has 30 heavy (non-hydrogen) atoms. The molecule has 0 aliphatic heterocycles. The number of anilines is 2. The zero-order chi connectivity index (χ0) is 21.5. The number of hydrogen-bond donors (Lipinski definition) is 3. The Morgan fingerprint density at radius 2 is 2.03 bits per heavy atom. The van der Waals surface area contributed by atoms with E-state index < -0.39 is 0 Å². The summed E-state index contributed by atoms with van der Waals surface area (Å²) in [4.78, 5) is 15.8. The monoisotopic (exact) mass is 421 g/mol. The Morgan fingerprint density at radius 3 is 2.73 bits per heavy atom. The van der Waals surface area contributed by atoms with Gasteiger partial charge in [-0.05, 0) is 36.6 Å². The van der Waals surface area contributed by atoms with Crippen LogP contribution in [0.25, 0.3) is 21.0 Å². The predicted molar refractivity (Wildman–Crippen MR) is 125 cm³/mol. The number of hydrogen-bond acceptors (Lipinski definition) is 7. The Hall–Kier alpha value is -3.49. The fourth-order valence-electron chi connectivity index (χ4n) is 2.86. The number of aromatic nitrogens is 1. The van der Waals surface area contributed by atoms with Crippen molar-refractivity contribution in [2.75, 3.05) is 19.0 Å². The number of benzene rings is 2. The molecule has 0 bridgehead atoms. The standard InChI is InChI=1S/C19H15N5OS.C3H8O/c20-18(24-21)12-4-5-14-16(9-12)23-19(15-6-7-26-17(14)15)22-13-3-1-2-11(8-13)10-25;1-3-4-2/h1-10H,21H2,(H2,20,24)(H,22,23);3H2,1-2H3. The first kappa shape index (κ1) is 21.2. The second-order valence-electron chi connectivity index (χ2n) is 6.32. The zero-order valence-electron chi connectivity index (χ0n) is 16.8. The molecule has 0 saturated carbocycles. The van der Waals surface area contributed by atoms with E-state index in [2.05, 4.69) is 15.2 Å². The molecule has 154 valence electrons. The van der Waals surface area contributed by atoms with Crippen LogP contribution in [0.1, 0.15) is 22.8 Å². The predicted octanol–water partition coefficient (Wildman–Crippen LogP) is 4.24. The number of nitrogens with zero attached hydrogens (tertiary/aromatic N) is 2. The molecule has 0 amide bonds. The minimum Gasteiger partial charge on any atom is -0.385 e. The van der Waals surface area contributed by atoms with E-state index in [1.165, 1.54) is 0 Å². The van der Waals surface area contributed by atoms with Gasteiger partial charge in [-0.15, -0.1) is 11.3 Å². The highest BCUT2D eigenvalue weighted by Crippen LogP contribution is 2.35. The number of ether oxygens (including phenoxy) is 1. The highest BCUT2D eigenvalue weighted by Gasteiger charge is 2.11. The number of carbonyl (C=O) groups excluding carboxylic acids is 1. The summed E-state index contributed by atoms with van der Waals surface area (Å²) < 4.78 is 5.67. The third-order valence-corrected chi connectivity index (χ3v) is 5.35. The van der Waals surface area contributed by atoms with Gasteiger partial charge in [0.25, 0.3) is 0 Å². The van der Waals surface area contributed by atoms with Crippen molar-refractivity contribution in [3.63, 3.8) is 0 Å². The number of methoxy groups -OCH3 is 1. The van der Waals surface area contributed by atoms with Crippen molar-refractivity contribution >= 4 is 56.0 Å². The molecular formula is C22H23N5O2S. The maximum atomic E-state index is 11.0. The van der Waals surface area contributed by atoms with Gasteiger partial charge < -0.3 is 21.6 Å². The van der Waals surface area contributed by atoms with Crippen LogP contribution in [0.4, 0.5) is 11.5 Å². The van der Waals surface area contributed by atoms with Crippen molar-refractivity contribution in [2.45, 2.75) is 6.92 Å². The number of hydrazone groups is 1. The molecule has 8 heteroatoms. The highest BCUT2D eigenvalue weighted by atomic mass is 32.1. The molecule has 0 spiro atoms. The molecule has 0 saturated heterocycles. The maximum Gasteiger partial charge on any atom is 0.150 e. The largest absolute Gasteiger partial charge is 0.385 e. The summed E-state index contributed by atoms with van der Waals surface area (Å²) in [6.07, 6.45) is 0.820. The van der Waals surface area contributed by atoms with Crippen molar-refractivity contribution < 1.29 is 9.53 Å². The minimum absolute atomic E-state index is 0.258. The molecule has 5 N–H and O–H groups in total. The van der Waals surface area contributed by atoms with Gasteiger partial charge in [-0.1, -0.05) is 24.3 Å². The van der Waals surface area contributed by atoms with E-state index in [1.54, 1.807) is 30.6 Å². The summed E-state index contributed by atoms with van der Waals surface area (Å²) in [6.45, 7) is 2.78. The van der Waals surface area contributed by atoms with E-state index in [4.69, 9.17) is 16.6 Å². The highest BCUT2D eigenvalue weighted by molar-refractivity contribution is 7.18.